The van der Waals surface area contributed by atoms with Gasteiger partial charge in [-0.05, 0) is 19.8 Å². The molecule has 1 rings (SSSR count). The van der Waals surface area contributed by atoms with Gasteiger partial charge < -0.3 is 14.6 Å². The molecule has 66 valence electrons. The van der Waals surface area contributed by atoms with Gasteiger partial charge in [0.1, 0.15) is 6.10 Å². The Bertz CT molecular complexity index is 116. The van der Waals surface area contributed by atoms with Crippen LogP contribution in [-0.4, -0.2) is 37.1 Å². The molecule has 3 unspecified atom stereocenters. The van der Waals surface area contributed by atoms with Gasteiger partial charge in [0.25, 0.3) is 0 Å². The first-order valence-corrected chi connectivity index (χ1v) is 4.06. The van der Waals surface area contributed by atoms with Crippen LogP contribution < -0.4 is 0 Å². The Morgan fingerprint density at radius 1 is 1.45 bits per heavy atom. The topological polar surface area (TPSA) is 38.7 Å². The summed E-state index contributed by atoms with van der Waals surface area (Å²) in [4.78, 5) is 0. The van der Waals surface area contributed by atoms with Gasteiger partial charge in [0.2, 0.25) is 0 Å². The second kappa shape index (κ2) is 4.04. The molecule has 0 aromatic heterocycles. The van der Waals surface area contributed by atoms with Crippen molar-refractivity contribution >= 4 is 0 Å². The lowest BCUT2D eigenvalue weighted by Crippen LogP contribution is -2.30. The van der Waals surface area contributed by atoms with Crippen molar-refractivity contribution in [3.05, 3.63) is 0 Å². The Balaban J connectivity index is 2.41. The maximum atomic E-state index is 9.46. The molecule has 0 saturated carbocycles. The van der Waals surface area contributed by atoms with E-state index in [1.807, 2.05) is 6.92 Å². The highest BCUT2D eigenvalue weighted by Crippen LogP contribution is 2.15. The van der Waals surface area contributed by atoms with Gasteiger partial charge in [-0.2, -0.15) is 0 Å². The molecule has 1 aliphatic heterocycles. The summed E-state index contributed by atoms with van der Waals surface area (Å²) in [6.07, 6.45) is 1.45. The van der Waals surface area contributed by atoms with Crippen molar-refractivity contribution in [3.63, 3.8) is 0 Å². The first kappa shape index (κ1) is 8.97. The van der Waals surface area contributed by atoms with Gasteiger partial charge in [-0.3, -0.25) is 0 Å². The molecule has 0 bridgehead atoms. The van der Waals surface area contributed by atoms with E-state index in [1.54, 1.807) is 7.11 Å². The molecule has 0 aliphatic carbocycles. The molecule has 0 radical (unpaired) electrons. The number of hydrogen-bond acceptors (Lipinski definition) is 3. The summed E-state index contributed by atoms with van der Waals surface area (Å²) in [5.74, 6) is 0. The molecule has 3 atom stereocenters. The Kier molecular flexibility index (Phi) is 3.30. The van der Waals surface area contributed by atoms with Crippen LogP contribution in [0.4, 0.5) is 0 Å². The summed E-state index contributed by atoms with van der Waals surface area (Å²) in [7, 11) is 1.60. The second-order valence-electron chi connectivity index (χ2n) is 3.06. The Hall–Kier alpha value is -0.120. The minimum Gasteiger partial charge on any atom is -0.390 e. The average Bonchev–Trinajstić information content (AvgIpc) is 2.15. The predicted molar refractivity (Wildman–Crippen MR) is 41.5 cm³/mol. The van der Waals surface area contributed by atoms with Gasteiger partial charge in [0.05, 0.1) is 18.8 Å². The Morgan fingerprint density at radius 3 is 2.82 bits per heavy atom. The first-order chi connectivity index (χ1) is 5.24. The van der Waals surface area contributed by atoms with Gasteiger partial charge in [0.15, 0.2) is 0 Å². The number of aliphatic hydroxyl groups is 1. The predicted octanol–water partition coefficient (Wildman–Crippen LogP) is 0.561. The fourth-order valence-corrected chi connectivity index (χ4v) is 1.27. The summed E-state index contributed by atoms with van der Waals surface area (Å²) >= 11 is 0. The van der Waals surface area contributed by atoms with Crippen molar-refractivity contribution in [2.75, 3.05) is 13.7 Å². The number of hydrogen-bond donors (Lipinski definition) is 1. The molecule has 1 N–H and O–H groups in total. The van der Waals surface area contributed by atoms with E-state index >= 15 is 0 Å². The summed E-state index contributed by atoms with van der Waals surface area (Å²) in [5, 5.41) is 9.46. The van der Waals surface area contributed by atoms with Crippen LogP contribution >= 0.6 is 0 Å². The molecule has 1 aliphatic rings. The molecule has 0 aromatic rings. The average molecular weight is 160 g/mol. The van der Waals surface area contributed by atoms with Crippen molar-refractivity contribution in [3.8, 4) is 0 Å². The highest BCUT2D eigenvalue weighted by Gasteiger charge is 2.23. The van der Waals surface area contributed by atoms with Crippen LogP contribution in [0.5, 0.6) is 0 Å². The molecule has 3 heteroatoms. The molecule has 0 amide bonds. The van der Waals surface area contributed by atoms with Crippen molar-refractivity contribution < 1.29 is 14.6 Å². The summed E-state index contributed by atoms with van der Waals surface area (Å²) in [5.41, 5.74) is 0. The van der Waals surface area contributed by atoms with Crippen molar-refractivity contribution in [1.82, 2.24) is 0 Å². The number of rotatable bonds is 1. The van der Waals surface area contributed by atoms with Crippen molar-refractivity contribution in [2.45, 2.75) is 38.1 Å². The molecule has 3 nitrogen and oxygen atoms in total. The van der Waals surface area contributed by atoms with E-state index in [-0.39, 0.29) is 18.3 Å². The molecular formula is C8H16O3. The van der Waals surface area contributed by atoms with Gasteiger partial charge >= 0.3 is 0 Å². The zero-order chi connectivity index (χ0) is 8.27. The third kappa shape index (κ3) is 2.43. The van der Waals surface area contributed by atoms with Crippen LogP contribution in [0.25, 0.3) is 0 Å². The van der Waals surface area contributed by atoms with E-state index in [0.717, 1.165) is 12.8 Å². The number of methoxy groups -OCH3 is 1. The maximum Gasteiger partial charge on any atom is 0.106 e. The largest absolute Gasteiger partial charge is 0.390 e. The lowest BCUT2D eigenvalue weighted by atomic mass is 10.1. The smallest absolute Gasteiger partial charge is 0.106 e. The lowest BCUT2D eigenvalue weighted by molar-refractivity contribution is -0.0534. The quantitative estimate of drug-likeness (QED) is 0.609. The van der Waals surface area contributed by atoms with E-state index in [9.17, 15) is 5.11 Å². The van der Waals surface area contributed by atoms with Crippen LogP contribution in [0, 0.1) is 0 Å². The van der Waals surface area contributed by atoms with Crippen LogP contribution in [0.15, 0.2) is 0 Å². The van der Waals surface area contributed by atoms with Crippen LogP contribution in [0.1, 0.15) is 19.8 Å². The third-order valence-corrected chi connectivity index (χ3v) is 2.15. The standard InChI is InChI=1S/C8H16O3/c1-6-3-4-7(9)8(10-2)5-11-6/h6-9H,3-5H2,1-2H3. The van der Waals surface area contributed by atoms with E-state index in [0.29, 0.717) is 6.61 Å². The van der Waals surface area contributed by atoms with Gasteiger partial charge in [0, 0.05) is 7.11 Å². The number of aliphatic hydroxyl groups excluding tert-OH is 1. The van der Waals surface area contributed by atoms with E-state index < -0.39 is 0 Å². The fraction of sp³-hybridized carbons (Fsp3) is 1.00. The van der Waals surface area contributed by atoms with E-state index in [4.69, 9.17) is 9.47 Å². The summed E-state index contributed by atoms with van der Waals surface area (Å²) in [6.45, 7) is 2.53. The van der Waals surface area contributed by atoms with E-state index in [1.165, 1.54) is 0 Å². The second-order valence-corrected chi connectivity index (χ2v) is 3.06. The third-order valence-electron chi connectivity index (χ3n) is 2.15. The zero-order valence-corrected chi connectivity index (χ0v) is 7.12. The minimum atomic E-state index is -0.357. The number of ether oxygens (including phenoxy) is 2. The van der Waals surface area contributed by atoms with Crippen LogP contribution in [-0.2, 0) is 9.47 Å². The Labute approximate surface area is 67.3 Å². The maximum absolute atomic E-state index is 9.46. The lowest BCUT2D eigenvalue weighted by Gasteiger charge is -2.17. The normalized spacial score (nSPS) is 40.1. The fourth-order valence-electron chi connectivity index (χ4n) is 1.27. The highest BCUT2D eigenvalue weighted by molar-refractivity contribution is 4.73. The highest BCUT2D eigenvalue weighted by atomic mass is 16.5. The monoisotopic (exact) mass is 160 g/mol. The van der Waals surface area contributed by atoms with Gasteiger partial charge in [-0.15, -0.1) is 0 Å². The SMILES string of the molecule is COC1COC(C)CCC1O. The van der Waals surface area contributed by atoms with E-state index in [2.05, 4.69) is 0 Å². The van der Waals surface area contributed by atoms with Crippen molar-refractivity contribution in [1.29, 1.82) is 0 Å². The Morgan fingerprint density at radius 2 is 2.18 bits per heavy atom. The molecule has 0 spiro atoms. The minimum absolute atomic E-state index is 0.139. The molecule has 11 heavy (non-hydrogen) atoms. The summed E-state index contributed by atoms with van der Waals surface area (Å²) in [6, 6.07) is 0. The molecule has 1 fully saturated rings. The van der Waals surface area contributed by atoms with Crippen LogP contribution in [0.2, 0.25) is 0 Å². The van der Waals surface area contributed by atoms with Gasteiger partial charge in [-0.25, -0.2) is 0 Å². The van der Waals surface area contributed by atoms with Crippen LogP contribution in [0.3, 0.4) is 0 Å². The molecule has 1 saturated heterocycles. The first-order valence-electron chi connectivity index (χ1n) is 4.06. The summed E-state index contributed by atoms with van der Waals surface area (Å²) < 4.78 is 10.4. The zero-order valence-electron chi connectivity index (χ0n) is 7.12. The van der Waals surface area contributed by atoms with Crippen molar-refractivity contribution in [2.24, 2.45) is 0 Å². The molecule has 1 heterocycles. The molecule has 0 aromatic carbocycles. The molecular weight excluding hydrogens is 144 g/mol. The van der Waals surface area contributed by atoms with Gasteiger partial charge in [-0.1, -0.05) is 0 Å².